The third-order valence-corrected chi connectivity index (χ3v) is 5.16. The summed E-state index contributed by atoms with van der Waals surface area (Å²) in [6.07, 6.45) is 4.12. The molecule has 0 fully saturated rings. The first-order valence-corrected chi connectivity index (χ1v) is 9.32. The van der Waals surface area contributed by atoms with Crippen molar-refractivity contribution in [1.29, 1.82) is 0 Å². The lowest BCUT2D eigenvalue weighted by atomic mass is 9.96. The van der Waals surface area contributed by atoms with Gasteiger partial charge in [0.2, 0.25) is 5.71 Å². The highest BCUT2D eigenvalue weighted by atomic mass is 16.3. The highest BCUT2D eigenvalue weighted by Gasteiger charge is 2.29. The zero-order valence-corrected chi connectivity index (χ0v) is 16.2. The van der Waals surface area contributed by atoms with Gasteiger partial charge in [-0.3, -0.25) is 0 Å². The van der Waals surface area contributed by atoms with Crippen molar-refractivity contribution in [3.05, 3.63) is 47.9 Å². The summed E-state index contributed by atoms with van der Waals surface area (Å²) in [6.45, 7) is 1.86. The maximum Gasteiger partial charge on any atom is 0.227 e. The Morgan fingerprint density at radius 1 is 1.19 bits per heavy atom. The van der Waals surface area contributed by atoms with Crippen molar-refractivity contribution in [3.8, 4) is 0 Å². The van der Waals surface area contributed by atoms with Crippen molar-refractivity contribution < 1.29 is 12.6 Å². The molecule has 142 valence electrons. The number of anilines is 1. The van der Waals surface area contributed by atoms with Gasteiger partial charge in [0.25, 0.3) is 0 Å². The summed E-state index contributed by atoms with van der Waals surface area (Å²) in [5.41, 5.74) is 2.22. The van der Waals surface area contributed by atoms with E-state index in [2.05, 4.69) is 4.98 Å². The Morgan fingerprint density at radius 3 is 2.70 bits per heavy atom. The molecule has 1 aromatic carbocycles. The number of benzene rings is 1. The van der Waals surface area contributed by atoms with Gasteiger partial charge >= 0.3 is 0 Å². The Kier molecular flexibility index (Phi) is 2.81. The van der Waals surface area contributed by atoms with E-state index in [1.165, 1.54) is 6.92 Å². The van der Waals surface area contributed by atoms with Crippen molar-refractivity contribution in [2.75, 3.05) is 11.4 Å². The maximum absolute atomic E-state index is 7.91. The molecule has 1 aliphatic rings. The zero-order chi connectivity index (χ0) is 24.3. The van der Waals surface area contributed by atoms with Gasteiger partial charge < -0.3 is 14.2 Å². The van der Waals surface area contributed by atoms with Gasteiger partial charge in [-0.2, -0.15) is 0 Å². The van der Waals surface area contributed by atoms with Crippen LogP contribution in [0.3, 0.4) is 0 Å². The topological polar surface area (TPSA) is 32.5 Å². The van der Waals surface area contributed by atoms with E-state index in [9.17, 15) is 0 Å². The summed E-state index contributed by atoms with van der Waals surface area (Å²) in [5.74, 6) is 0. The molecule has 0 saturated carbocycles. The number of rotatable bonds is 3. The van der Waals surface area contributed by atoms with Crippen LogP contribution in [0.1, 0.15) is 54.0 Å². The van der Waals surface area contributed by atoms with Crippen molar-refractivity contribution in [3.63, 3.8) is 0 Å². The van der Waals surface area contributed by atoms with Crippen LogP contribution < -0.4 is 4.90 Å². The van der Waals surface area contributed by atoms with Gasteiger partial charge in [-0.25, -0.2) is 4.98 Å². The summed E-state index contributed by atoms with van der Waals surface area (Å²) in [6, 6.07) is 8.08. The lowest BCUT2D eigenvalue weighted by Crippen LogP contribution is -2.40. The lowest BCUT2D eigenvalue weighted by molar-refractivity contribution is 0.221. The fourth-order valence-electron chi connectivity index (χ4n) is 3.74. The minimum Gasteiger partial charge on any atom is -0.435 e. The van der Waals surface area contributed by atoms with Gasteiger partial charge in [0.05, 0.1) is 5.69 Å². The third kappa shape index (κ3) is 3.07. The average Bonchev–Trinajstić information content (AvgIpc) is 3.26. The molecule has 4 nitrogen and oxygen atoms in total. The molecular weight excluding hydrogens is 334 g/mol. The van der Waals surface area contributed by atoms with Gasteiger partial charge in [0.1, 0.15) is 6.17 Å². The summed E-state index contributed by atoms with van der Waals surface area (Å²) >= 11 is 0. The number of hydrogen-bond acceptors (Lipinski definition) is 4. The number of aryl methyl sites for hydroxylation is 2. The van der Waals surface area contributed by atoms with Crippen LogP contribution in [0.4, 0.5) is 5.69 Å². The smallest absolute Gasteiger partial charge is 0.227 e. The minimum atomic E-state index is -2.64. The molecule has 0 unspecified atom stereocenters. The van der Waals surface area contributed by atoms with E-state index in [4.69, 9.17) is 12.6 Å². The molecule has 0 aliphatic carbocycles. The van der Waals surface area contributed by atoms with E-state index in [1.54, 1.807) is 11.1 Å². The van der Waals surface area contributed by atoms with Crippen molar-refractivity contribution in [2.45, 2.75) is 54.0 Å². The Hall–Kier alpha value is -2.49. The molecule has 1 aliphatic heterocycles. The molecule has 3 heterocycles. The highest BCUT2D eigenvalue weighted by Crippen LogP contribution is 2.39. The van der Waals surface area contributed by atoms with Crippen molar-refractivity contribution in [1.82, 2.24) is 9.88 Å². The van der Waals surface area contributed by atoms with Crippen LogP contribution in [0.5, 0.6) is 0 Å². The molecule has 2 aromatic heterocycles. The molecule has 0 spiro atoms. The standard InChI is InChI=1S/C23H29N3O/c1-7-17-9-11-19-18-10-8-15(2)20(21(18)27-22(19)24-17)26-13-12-25(16(26)3)14-23(4,5)6/h8-13,16H,7,14H2,1-6H3/t16-/m0/s1/i4D3,5D3. The van der Waals surface area contributed by atoms with Crippen LogP contribution in [0, 0.1) is 12.3 Å². The van der Waals surface area contributed by atoms with E-state index < -0.39 is 19.1 Å². The van der Waals surface area contributed by atoms with Crippen LogP contribution in [-0.2, 0) is 6.42 Å². The number of hydrogen-bond donors (Lipinski definition) is 0. The summed E-state index contributed by atoms with van der Waals surface area (Å²) in [7, 11) is 0. The molecule has 0 bridgehead atoms. The fourth-order valence-corrected chi connectivity index (χ4v) is 3.74. The fraction of sp³-hybridized carbons (Fsp3) is 0.435. The summed E-state index contributed by atoms with van der Waals surface area (Å²) < 4.78 is 53.7. The van der Waals surface area contributed by atoms with E-state index >= 15 is 0 Å². The molecule has 0 saturated heterocycles. The molecule has 27 heavy (non-hydrogen) atoms. The van der Waals surface area contributed by atoms with Crippen LogP contribution in [0.25, 0.3) is 22.1 Å². The van der Waals surface area contributed by atoms with Crippen molar-refractivity contribution in [2.24, 2.45) is 5.41 Å². The highest BCUT2D eigenvalue weighted by molar-refractivity contribution is 6.08. The van der Waals surface area contributed by atoms with Crippen molar-refractivity contribution >= 4 is 27.8 Å². The predicted molar refractivity (Wildman–Crippen MR) is 113 cm³/mol. The number of aromatic nitrogens is 1. The van der Waals surface area contributed by atoms with Crippen LogP contribution in [0.2, 0.25) is 0 Å². The lowest BCUT2D eigenvalue weighted by Gasteiger charge is -2.34. The largest absolute Gasteiger partial charge is 0.435 e. The number of fused-ring (bicyclic) bond motifs is 3. The van der Waals surface area contributed by atoms with Gasteiger partial charge in [-0.05, 0) is 43.4 Å². The Bertz CT molecular complexity index is 1210. The number of pyridine rings is 1. The van der Waals surface area contributed by atoms with E-state index in [0.717, 1.165) is 34.1 Å². The van der Waals surface area contributed by atoms with E-state index in [-0.39, 0.29) is 12.7 Å². The molecule has 3 aromatic rings. The van der Waals surface area contributed by atoms with Gasteiger partial charge in [0, 0.05) is 43.6 Å². The van der Waals surface area contributed by atoms with Gasteiger partial charge in [0.15, 0.2) is 5.58 Å². The predicted octanol–water partition coefficient (Wildman–Crippen LogP) is 5.84. The second-order valence-corrected chi connectivity index (χ2v) is 7.56. The molecule has 0 amide bonds. The zero-order valence-electron chi connectivity index (χ0n) is 22.2. The molecule has 0 N–H and O–H groups in total. The van der Waals surface area contributed by atoms with Crippen LogP contribution in [0.15, 0.2) is 41.1 Å². The second-order valence-electron chi connectivity index (χ2n) is 7.56. The van der Waals surface area contributed by atoms with Crippen LogP contribution >= 0.6 is 0 Å². The molecule has 1 atom stereocenters. The normalized spacial score (nSPS) is 21.9. The Morgan fingerprint density at radius 2 is 1.96 bits per heavy atom. The summed E-state index contributed by atoms with van der Waals surface area (Å²) in [4.78, 5) is 8.40. The van der Waals surface area contributed by atoms with Crippen LogP contribution in [-0.4, -0.2) is 22.6 Å². The molecular formula is C23H29N3O. The molecule has 4 rings (SSSR count). The number of furan rings is 1. The SMILES string of the molecule is [2H]C([2H])([2H])C(C)(CN1C=CN(c2c(C)ccc3c2oc2nc(CC)ccc23)[C@H]1C)C([2H])([2H])[2H]. The second kappa shape index (κ2) is 6.29. The minimum absolute atomic E-state index is 0.134. The van der Waals surface area contributed by atoms with Gasteiger partial charge in [-0.15, -0.1) is 0 Å². The first-order chi connectivity index (χ1) is 15.3. The quantitative estimate of drug-likeness (QED) is 0.581. The maximum atomic E-state index is 7.91. The Balaban J connectivity index is 1.75. The monoisotopic (exact) mass is 369 g/mol. The first kappa shape index (κ1) is 12.1. The van der Waals surface area contributed by atoms with E-state index in [1.807, 2.05) is 56.1 Å². The average molecular weight is 370 g/mol. The third-order valence-electron chi connectivity index (χ3n) is 5.16. The number of nitrogens with zero attached hydrogens (tertiary/aromatic N) is 3. The molecule has 4 heteroatoms. The van der Waals surface area contributed by atoms with Gasteiger partial charge in [-0.1, -0.05) is 39.7 Å². The summed E-state index contributed by atoms with van der Waals surface area (Å²) in [5, 5.41) is 1.89. The molecule has 0 radical (unpaired) electrons. The van der Waals surface area contributed by atoms with E-state index in [0.29, 0.717) is 11.3 Å². The Labute approximate surface area is 169 Å². The first-order valence-electron chi connectivity index (χ1n) is 12.3.